The smallest absolute Gasteiger partial charge is 0.387 e. The van der Waals surface area contributed by atoms with Gasteiger partial charge in [-0.2, -0.15) is 8.78 Å². The Hall–Kier alpha value is -3.19. The average Bonchev–Trinajstić information content (AvgIpc) is 2.74. The number of pyridine rings is 1. The van der Waals surface area contributed by atoms with Gasteiger partial charge in [0.15, 0.2) is 0 Å². The molecule has 0 bridgehead atoms. The molecule has 3 rings (SSSR count). The van der Waals surface area contributed by atoms with E-state index in [0.717, 1.165) is 11.1 Å². The minimum atomic E-state index is -2.94. The highest BCUT2D eigenvalue weighted by molar-refractivity contribution is 6.30. The molecule has 1 N–H and O–H groups in total. The van der Waals surface area contributed by atoms with Crippen LogP contribution >= 0.6 is 11.6 Å². The van der Waals surface area contributed by atoms with Gasteiger partial charge in [0, 0.05) is 23.8 Å². The molecule has 162 valence electrons. The van der Waals surface area contributed by atoms with Crippen molar-refractivity contribution in [2.45, 2.75) is 26.0 Å². The van der Waals surface area contributed by atoms with E-state index in [4.69, 9.17) is 16.7 Å². The van der Waals surface area contributed by atoms with E-state index in [0.29, 0.717) is 28.4 Å². The number of carboxylic acids is 1. The normalized spacial score (nSPS) is 11.9. The molecule has 0 radical (unpaired) electrons. The number of aromatic nitrogens is 1. The molecule has 8 heteroatoms. The fourth-order valence-corrected chi connectivity index (χ4v) is 3.29. The molecule has 2 aromatic carbocycles. The highest BCUT2D eigenvalue weighted by Gasteiger charge is 2.18. The van der Waals surface area contributed by atoms with E-state index in [2.05, 4.69) is 9.72 Å². The van der Waals surface area contributed by atoms with Crippen molar-refractivity contribution in [3.05, 3.63) is 76.9 Å². The molecule has 0 spiro atoms. The first-order chi connectivity index (χ1) is 14.7. The maximum absolute atomic E-state index is 12.9. The summed E-state index contributed by atoms with van der Waals surface area (Å²) in [4.78, 5) is 17.1. The van der Waals surface area contributed by atoms with Crippen LogP contribution in [0.4, 0.5) is 14.6 Å². The van der Waals surface area contributed by atoms with Crippen molar-refractivity contribution in [1.82, 2.24) is 4.98 Å². The van der Waals surface area contributed by atoms with Gasteiger partial charge in [-0.25, -0.2) is 9.78 Å². The number of halogens is 3. The van der Waals surface area contributed by atoms with E-state index in [9.17, 15) is 13.6 Å². The first-order valence-corrected chi connectivity index (χ1v) is 9.86. The summed E-state index contributed by atoms with van der Waals surface area (Å²) in [6, 6.07) is 14.8. The molecule has 1 aromatic heterocycles. The number of alkyl halides is 2. The molecule has 31 heavy (non-hydrogen) atoms. The number of hydrogen-bond donors (Lipinski definition) is 1. The SMILES string of the molecule is CC(C(=O)O)N(C)c1ccc(Cc2ccc(OC(F)F)c(-c3cccc(Cl)c3)c2)cn1. The maximum atomic E-state index is 12.9. The molecule has 0 amide bonds. The van der Waals surface area contributed by atoms with E-state index >= 15 is 0 Å². The number of nitrogens with zero attached hydrogens (tertiary/aromatic N) is 2. The minimum Gasteiger partial charge on any atom is -0.480 e. The first kappa shape index (κ1) is 22.5. The number of carbonyl (C=O) groups is 1. The number of likely N-dealkylation sites (N-methyl/N-ethyl adjacent to an activating group) is 1. The van der Waals surface area contributed by atoms with Crippen LogP contribution in [0.5, 0.6) is 5.75 Å². The predicted molar refractivity (Wildman–Crippen MR) is 116 cm³/mol. The number of carboxylic acid groups (broad SMARTS) is 1. The number of anilines is 1. The van der Waals surface area contributed by atoms with Crippen LogP contribution in [0.25, 0.3) is 11.1 Å². The van der Waals surface area contributed by atoms with Gasteiger partial charge >= 0.3 is 12.6 Å². The highest BCUT2D eigenvalue weighted by Crippen LogP contribution is 2.34. The summed E-state index contributed by atoms with van der Waals surface area (Å²) in [6.45, 7) is -1.36. The van der Waals surface area contributed by atoms with Crippen LogP contribution in [-0.2, 0) is 11.2 Å². The van der Waals surface area contributed by atoms with Gasteiger partial charge in [-0.05, 0) is 60.4 Å². The van der Waals surface area contributed by atoms with Gasteiger partial charge < -0.3 is 14.7 Å². The highest BCUT2D eigenvalue weighted by atomic mass is 35.5. The quantitative estimate of drug-likeness (QED) is 0.494. The summed E-state index contributed by atoms with van der Waals surface area (Å²) < 4.78 is 30.4. The second-order valence-corrected chi connectivity index (χ2v) is 7.48. The molecular weight excluding hydrogens is 426 g/mol. The Labute approximate surface area is 183 Å². The van der Waals surface area contributed by atoms with Crippen LogP contribution in [0.15, 0.2) is 60.8 Å². The van der Waals surface area contributed by atoms with Crippen molar-refractivity contribution < 1.29 is 23.4 Å². The minimum absolute atomic E-state index is 0.0683. The average molecular weight is 447 g/mol. The lowest BCUT2D eigenvalue weighted by molar-refractivity contribution is -0.138. The van der Waals surface area contributed by atoms with E-state index < -0.39 is 18.6 Å². The van der Waals surface area contributed by atoms with Crippen LogP contribution in [0.2, 0.25) is 5.02 Å². The van der Waals surface area contributed by atoms with Crippen LogP contribution in [0, 0.1) is 0 Å². The van der Waals surface area contributed by atoms with Gasteiger partial charge in [-0.3, -0.25) is 0 Å². The van der Waals surface area contributed by atoms with Crippen LogP contribution in [-0.4, -0.2) is 35.8 Å². The second kappa shape index (κ2) is 9.75. The lowest BCUT2D eigenvalue weighted by Gasteiger charge is -2.22. The van der Waals surface area contributed by atoms with Crippen LogP contribution in [0.1, 0.15) is 18.1 Å². The molecule has 0 saturated carbocycles. The number of benzene rings is 2. The molecule has 3 aromatic rings. The molecule has 0 aliphatic carbocycles. The largest absolute Gasteiger partial charge is 0.480 e. The van der Waals surface area contributed by atoms with Gasteiger partial charge in [0.1, 0.15) is 17.6 Å². The summed E-state index contributed by atoms with van der Waals surface area (Å²) in [7, 11) is 1.67. The lowest BCUT2D eigenvalue weighted by Crippen LogP contribution is -2.36. The maximum Gasteiger partial charge on any atom is 0.387 e. The van der Waals surface area contributed by atoms with E-state index in [1.807, 2.05) is 6.07 Å². The summed E-state index contributed by atoms with van der Waals surface area (Å²) >= 11 is 6.07. The number of aliphatic carboxylic acids is 1. The van der Waals surface area contributed by atoms with E-state index in [1.54, 1.807) is 67.5 Å². The molecular formula is C23H21ClF2N2O3. The molecule has 0 fully saturated rings. The Kier molecular flexibility index (Phi) is 7.07. The van der Waals surface area contributed by atoms with Gasteiger partial charge in [-0.1, -0.05) is 35.9 Å². The molecule has 0 aliphatic rings. The molecule has 0 saturated heterocycles. The summed E-state index contributed by atoms with van der Waals surface area (Å²) in [5.74, 6) is -0.328. The van der Waals surface area contributed by atoms with Crippen molar-refractivity contribution >= 4 is 23.4 Å². The topological polar surface area (TPSA) is 62.7 Å². The van der Waals surface area contributed by atoms with Crippen molar-refractivity contribution in [3.63, 3.8) is 0 Å². The van der Waals surface area contributed by atoms with Gasteiger partial charge in [-0.15, -0.1) is 0 Å². The Balaban J connectivity index is 1.86. The molecule has 1 heterocycles. The van der Waals surface area contributed by atoms with Gasteiger partial charge in [0.25, 0.3) is 0 Å². The zero-order valence-corrected chi connectivity index (χ0v) is 17.7. The Morgan fingerprint density at radius 2 is 1.90 bits per heavy atom. The summed E-state index contributed by atoms with van der Waals surface area (Å²) in [5, 5.41) is 9.63. The fraction of sp³-hybridized carbons (Fsp3) is 0.217. The van der Waals surface area contributed by atoms with Crippen molar-refractivity contribution in [3.8, 4) is 16.9 Å². The number of ether oxygens (including phenoxy) is 1. The zero-order valence-electron chi connectivity index (χ0n) is 16.9. The third kappa shape index (κ3) is 5.70. The van der Waals surface area contributed by atoms with Crippen LogP contribution < -0.4 is 9.64 Å². The van der Waals surface area contributed by atoms with Gasteiger partial charge in [0.2, 0.25) is 0 Å². The third-order valence-corrected chi connectivity index (χ3v) is 5.15. The van der Waals surface area contributed by atoms with Crippen molar-refractivity contribution in [2.24, 2.45) is 0 Å². The fourth-order valence-electron chi connectivity index (χ4n) is 3.10. The Morgan fingerprint density at radius 3 is 2.52 bits per heavy atom. The standard InChI is InChI=1S/C23H21ClF2N2O3/c1-14(22(29)30)28(2)21-9-7-16(13-27-21)10-15-6-8-20(31-23(25)26)19(11-15)17-4-3-5-18(24)12-17/h3-9,11-14,23H,10H2,1-2H3,(H,29,30). The van der Waals surface area contributed by atoms with E-state index in [-0.39, 0.29) is 5.75 Å². The zero-order chi connectivity index (χ0) is 22.5. The summed E-state index contributed by atoms with van der Waals surface area (Å²) in [5.41, 5.74) is 2.95. The van der Waals surface area contributed by atoms with Crippen LogP contribution in [0.3, 0.4) is 0 Å². The molecule has 1 unspecified atom stereocenters. The summed E-state index contributed by atoms with van der Waals surface area (Å²) in [6.07, 6.45) is 2.18. The predicted octanol–water partition coefficient (Wildman–Crippen LogP) is 5.50. The third-order valence-electron chi connectivity index (χ3n) is 4.91. The second-order valence-electron chi connectivity index (χ2n) is 7.05. The Morgan fingerprint density at radius 1 is 1.16 bits per heavy atom. The molecule has 5 nitrogen and oxygen atoms in total. The lowest BCUT2D eigenvalue weighted by atomic mass is 9.98. The molecule has 0 aliphatic heterocycles. The monoisotopic (exact) mass is 446 g/mol. The Bertz CT molecular complexity index is 1060. The number of hydrogen-bond acceptors (Lipinski definition) is 4. The van der Waals surface area contributed by atoms with Crippen molar-refractivity contribution in [1.29, 1.82) is 0 Å². The van der Waals surface area contributed by atoms with Gasteiger partial charge in [0.05, 0.1) is 0 Å². The van der Waals surface area contributed by atoms with E-state index in [1.165, 1.54) is 6.07 Å². The molecule has 1 atom stereocenters. The van der Waals surface area contributed by atoms with Crippen molar-refractivity contribution in [2.75, 3.05) is 11.9 Å². The first-order valence-electron chi connectivity index (χ1n) is 9.49. The number of rotatable bonds is 8.